The van der Waals surface area contributed by atoms with E-state index < -0.39 is 5.41 Å². The molecule has 0 radical (unpaired) electrons. The summed E-state index contributed by atoms with van der Waals surface area (Å²) in [5.41, 5.74) is 23.6. The minimum absolute atomic E-state index is 0.233. The van der Waals surface area contributed by atoms with Gasteiger partial charge in [-0.25, -0.2) is 0 Å². The molecule has 0 saturated carbocycles. The Hall–Kier alpha value is -7.78. The smallest absolute Gasteiger partial charge is 0.0726 e. The van der Waals surface area contributed by atoms with Crippen LogP contribution in [0, 0.1) is 0 Å². The summed E-state index contributed by atoms with van der Waals surface area (Å²) in [6.07, 6.45) is 0. The van der Waals surface area contributed by atoms with Crippen molar-refractivity contribution in [3.05, 3.63) is 258 Å². The summed E-state index contributed by atoms with van der Waals surface area (Å²) in [5.74, 6) is 0. The highest BCUT2D eigenvalue weighted by atomic mass is 32.1. The molecule has 0 N–H and O–H groups in total. The van der Waals surface area contributed by atoms with Crippen LogP contribution in [0.25, 0.3) is 75.8 Å². The van der Waals surface area contributed by atoms with E-state index in [0.717, 1.165) is 11.4 Å². The van der Waals surface area contributed by atoms with Gasteiger partial charge in [0.05, 0.1) is 11.1 Å². The molecule has 0 unspecified atom stereocenters. The largest absolute Gasteiger partial charge is 0.309 e. The molecule has 0 saturated heterocycles. The third-order valence-electron chi connectivity index (χ3n) is 15.1. The molecule has 0 aliphatic heterocycles. The summed E-state index contributed by atoms with van der Waals surface area (Å²) in [7, 11) is 0. The van der Waals surface area contributed by atoms with E-state index in [0.29, 0.717) is 0 Å². The molecule has 11 aromatic rings. The van der Waals surface area contributed by atoms with Gasteiger partial charge in [0.25, 0.3) is 0 Å². The topological polar surface area (TPSA) is 3.24 Å². The molecule has 1 spiro atoms. The fourth-order valence-corrected chi connectivity index (χ4v) is 13.3. The number of hydrogen-bond donors (Lipinski definition) is 0. The Balaban J connectivity index is 1.11. The van der Waals surface area contributed by atoms with Crippen LogP contribution in [-0.2, 0) is 10.8 Å². The third kappa shape index (κ3) is 5.05. The van der Waals surface area contributed by atoms with E-state index in [-0.39, 0.29) is 5.41 Å². The first-order valence-electron chi connectivity index (χ1n) is 23.1. The van der Waals surface area contributed by atoms with Gasteiger partial charge in [-0.2, -0.15) is 0 Å². The summed E-state index contributed by atoms with van der Waals surface area (Å²) in [4.78, 5) is 2.62. The van der Waals surface area contributed by atoms with E-state index in [9.17, 15) is 0 Å². The van der Waals surface area contributed by atoms with E-state index in [4.69, 9.17) is 0 Å². The molecular weight excluding hydrogens is 815 g/mol. The van der Waals surface area contributed by atoms with Crippen LogP contribution in [-0.4, -0.2) is 0 Å². The maximum atomic E-state index is 2.62. The lowest BCUT2D eigenvalue weighted by atomic mass is 9.70. The highest BCUT2D eigenvalue weighted by Gasteiger charge is 2.52. The lowest BCUT2D eigenvalue weighted by Crippen LogP contribution is -2.26. The molecular formula is C64H43NS. The standard InChI is InChI=1S/C64H43NS/c1-63(2)52-36-31-43(41-19-7-4-8-20-41)37-51(52)60-57(63)39-59-61(50-24-12-16-28-58(50)66-59)62(60)65(44-32-29-42(30-33-44)40-17-5-3-6-18-40)45-34-35-49-48-23-11-15-27-55(48)64(56(49)38-45)53-25-13-9-21-46(53)47-22-10-14-26-54(47)64/h3-39H,1-2H3. The van der Waals surface area contributed by atoms with Gasteiger partial charge in [-0.3, -0.25) is 0 Å². The number of fused-ring (bicyclic) bond motifs is 16. The molecule has 3 aliphatic rings. The van der Waals surface area contributed by atoms with Gasteiger partial charge in [0.2, 0.25) is 0 Å². The normalized spacial score (nSPS) is 14.2. The number of thiophene rings is 1. The van der Waals surface area contributed by atoms with E-state index in [1.807, 2.05) is 11.3 Å². The molecule has 14 rings (SSSR count). The van der Waals surface area contributed by atoms with E-state index in [2.05, 4.69) is 243 Å². The molecule has 1 heterocycles. The van der Waals surface area contributed by atoms with Crippen LogP contribution < -0.4 is 4.90 Å². The number of benzene rings is 10. The van der Waals surface area contributed by atoms with Gasteiger partial charge in [-0.05, 0) is 126 Å². The summed E-state index contributed by atoms with van der Waals surface area (Å²) < 4.78 is 2.61. The number of anilines is 3. The number of nitrogens with zero attached hydrogens (tertiary/aromatic N) is 1. The molecule has 0 fully saturated rings. The SMILES string of the molecule is CC1(C)c2ccc(-c3ccccc3)cc2-c2c1cc1sc3ccccc3c1c2N(c1ccc(-c2ccccc2)cc1)c1ccc2c(c1)C1(c3ccccc3-c3ccccc31)c1ccccc1-2. The molecule has 310 valence electrons. The fraction of sp³-hybridized carbons (Fsp3) is 0.0625. The zero-order valence-electron chi connectivity index (χ0n) is 36.7. The van der Waals surface area contributed by atoms with Gasteiger partial charge in [0.15, 0.2) is 0 Å². The first-order valence-corrected chi connectivity index (χ1v) is 23.9. The molecule has 0 atom stereocenters. The predicted octanol–water partition coefficient (Wildman–Crippen LogP) is 17.5. The molecule has 10 aromatic carbocycles. The Morgan fingerprint density at radius 2 is 0.864 bits per heavy atom. The zero-order chi connectivity index (χ0) is 43.7. The lowest BCUT2D eigenvalue weighted by molar-refractivity contribution is 0.661. The molecule has 2 heteroatoms. The molecule has 1 nitrogen and oxygen atoms in total. The van der Waals surface area contributed by atoms with Crippen LogP contribution >= 0.6 is 11.3 Å². The van der Waals surface area contributed by atoms with Crippen molar-refractivity contribution < 1.29 is 0 Å². The van der Waals surface area contributed by atoms with Crippen LogP contribution in [0.2, 0.25) is 0 Å². The predicted molar refractivity (Wildman–Crippen MR) is 279 cm³/mol. The highest BCUT2D eigenvalue weighted by molar-refractivity contribution is 7.26. The van der Waals surface area contributed by atoms with Gasteiger partial charge < -0.3 is 4.90 Å². The average Bonchev–Trinajstić information content (AvgIpc) is 4.06. The van der Waals surface area contributed by atoms with Gasteiger partial charge in [-0.15, -0.1) is 11.3 Å². The van der Waals surface area contributed by atoms with Crippen molar-refractivity contribution in [3.8, 4) is 55.6 Å². The highest BCUT2D eigenvalue weighted by Crippen LogP contribution is 2.64. The average molecular weight is 858 g/mol. The summed E-state index contributed by atoms with van der Waals surface area (Å²) in [6.45, 7) is 4.85. The van der Waals surface area contributed by atoms with Crippen molar-refractivity contribution in [3.63, 3.8) is 0 Å². The van der Waals surface area contributed by atoms with Crippen molar-refractivity contribution in [2.24, 2.45) is 0 Å². The van der Waals surface area contributed by atoms with Crippen LogP contribution in [0.4, 0.5) is 17.1 Å². The van der Waals surface area contributed by atoms with Crippen molar-refractivity contribution >= 4 is 48.6 Å². The van der Waals surface area contributed by atoms with Crippen molar-refractivity contribution in [2.45, 2.75) is 24.7 Å². The first-order chi connectivity index (χ1) is 32.5. The van der Waals surface area contributed by atoms with Crippen LogP contribution in [0.5, 0.6) is 0 Å². The van der Waals surface area contributed by atoms with Crippen LogP contribution in [0.1, 0.15) is 47.2 Å². The monoisotopic (exact) mass is 857 g/mol. The summed E-state index contributed by atoms with van der Waals surface area (Å²) in [5, 5.41) is 2.58. The van der Waals surface area contributed by atoms with E-state index >= 15 is 0 Å². The Labute approximate surface area is 389 Å². The number of rotatable bonds is 5. The van der Waals surface area contributed by atoms with Gasteiger partial charge >= 0.3 is 0 Å². The van der Waals surface area contributed by atoms with E-state index in [1.165, 1.54) is 115 Å². The summed E-state index contributed by atoms with van der Waals surface area (Å²) >= 11 is 1.91. The van der Waals surface area contributed by atoms with Crippen molar-refractivity contribution in [2.75, 3.05) is 4.90 Å². The second-order valence-electron chi connectivity index (χ2n) is 18.7. The zero-order valence-corrected chi connectivity index (χ0v) is 37.5. The molecule has 1 aromatic heterocycles. The minimum atomic E-state index is -0.472. The Bertz CT molecular complexity index is 3720. The summed E-state index contributed by atoms with van der Waals surface area (Å²) in [6, 6.07) is 84.5. The first kappa shape index (κ1) is 37.6. The second-order valence-corrected chi connectivity index (χ2v) is 19.8. The van der Waals surface area contributed by atoms with Crippen LogP contribution in [0.15, 0.2) is 224 Å². The molecule has 0 bridgehead atoms. The number of hydrogen-bond acceptors (Lipinski definition) is 2. The Kier molecular flexibility index (Phi) is 7.89. The van der Waals surface area contributed by atoms with Gasteiger partial charge in [-0.1, -0.05) is 196 Å². The van der Waals surface area contributed by atoms with E-state index in [1.54, 1.807) is 0 Å². The van der Waals surface area contributed by atoms with Crippen molar-refractivity contribution in [1.82, 2.24) is 0 Å². The molecule has 3 aliphatic carbocycles. The Morgan fingerprint density at radius 3 is 1.52 bits per heavy atom. The van der Waals surface area contributed by atoms with Gasteiger partial charge in [0, 0.05) is 42.5 Å². The minimum Gasteiger partial charge on any atom is -0.309 e. The fourth-order valence-electron chi connectivity index (χ4n) is 12.2. The molecule has 0 amide bonds. The Morgan fingerprint density at radius 1 is 0.348 bits per heavy atom. The molecule has 66 heavy (non-hydrogen) atoms. The quantitative estimate of drug-likeness (QED) is 0.167. The van der Waals surface area contributed by atoms with Gasteiger partial charge in [0.1, 0.15) is 0 Å². The lowest BCUT2D eigenvalue weighted by Gasteiger charge is -2.33. The van der Waals surface area contributed by atoms with Crippen LogP contribution in [0.3, 0.4) is 0 Å². The second kappa shape index (κ2) is 13.9. The van der Waals surface area contributed by atoms with Crippen molar-refractivity contribution in [1.29, 1.82) is 0 Å². The third-order valence-corrected chi connectivity index (χ3v) is 16.2. The maximum absolute atomic E-state index is 2.62. The maximum Gasteiger partial charge on any atom is 0.0726 e.